The highest BCUT2D eigenvalue weighted by molar-refractivity contribution is 8.26. The third-order valence-electron chi connectivity index (χ3n) is 2.72. The van der Waals surface area contributed by atoms with Gasteiger partial charge in [0.2, 0.25) is 0 Å². The van der Waals surface area contributed by atoms with Crippen molar-refractivity contribution in [2.75, 3.05) is 13.2 Å². The van der Waals surface area contributed by atoms with Gasteiger partial charge in [0.15, 0.2) is 6.61 Å². The fourth-order valence-corrected chi connectivity index (χ4v) is 3.03. The Morgan fingerprint density at radius 2 is 1.96 bits per heavy atom. The molecular weight excluding hydrogens is 342 g/mol. The van der Waals surface area contributed by atoms with Crippen LogP contribution in [0.25, 0.3) is 6.08 Å². The van der Waals surface area contributed by atoms with Gasteiger partial charge in [-0.1, -0.05) is 42.2 Å². The minimum absolute atomic E-state index is 0.160. The normalized spacial score (nSPS) is 16.0. The lowest BCUT2D eigenvalue weighted by Gasteiger charge is -2.10. The zero-order chi connectivity index (χ0) is 17.0. The van der Waals surface area contributed by atoms with Crippen LogP contribution in [-0.4, -0.2) is 50.4 Å². The maximum atomic E-state index is 12.2. The van der Waals surface area contributed by atoms with Crippen LogP contribution in [-0.2, 0) is 14.4 Å². The monoisotopic (exact) mass is 353 g/mol. The van der Waals surface area contributed by atoms with Gasteiger partial charge in [0.25, 0.3) is 5.91 Å². The maximum absolute atomic E-state index is 12.2. The summed E-state index contributed by atoms with van der Waals surface area (Å²) in [6.45, 7) is -1.01. The summed E-state index contributed by atoms with van der Waals surface area (Å²) in [7, 11) is 0. The molecule has 2 rings (SSSR count). The fraction of sp³-hybridized carbons (Fsp3) is 0.143. The SMILES string of the molecule is O=C(O)COc1ccccc1/C=C1\SC(=S)N(CC(=O)O)C1=O. The fourth-order valence-electron chi connectivity index (χ4n) is 1.78. The molecule has 1 saturated heterocycles. The van der Waals surface area contributed by atoms with Gasteiger partial charge >= 0.3 is 11.9 Å². The zero-order valence-electron chi connectivity index (χ0n) is 11.6. The molecule has 0 spiro atoms. The molecule has 0 unspecified atom stereocenters. The highest BCUT2D eigenvalue weighted by Crippen LogP contribution is 2.34. The summed E-state index contributed by atoms with van der Waals surface area (Å²) in [5.74, 6) is -2.48. The van der Waals surface area contributed by atoms with Gasteiger partial charge < -0.3 is 14.9 Å². The van der Waals surface area contributed by atoms with Crippen molar-refractivity contribution >= 4 is 52.2 Å². The Labute approximate surface area is 140 Å². The van der Waals surface area contributed by atoms with Crippen LogP contribution in [0.2, 0.25) is 0 Å². The second-order valence-corrected chi connectivity index (χ2v) is 6.06. The Bertz CT molecular complexity index is 715. The minimum Gasteiger partial charge on any atom is -0.481 e. The van der Waals surface area contributed by atoms with Crippen LogP contribution in [0.15, 0.2) is 29.2 Å². The summed E-state index contributed by atoms with van der Waals surface area (Å²) in [6, 6.07) is 6.61. The number of carboxylic acid groups (broad SMARTS) is 2. The molecule has 2 N–H and O–H groups in total. The number of ether oxygens (including phenoxy) is 1. The number of benzene rings is 1. The first-order valence-electron chi connectivity index (χ1n) is 6.29. The summed E-state index contributed by atoms with van der Waals surface area (Å²) in [5.41, 5.74) is 0.504. The van der Waals surface area contributed by atoms with Crippen molar-refractivity contribution in [2.45, 2.75) is 0 Å². The zero-order valence-corrected chi connectivity index (χ0v) is 13.2. The van der Waals surface area contributed by atoms with E-state index in [1.54, 1.807) is 24.3 Å². The average molecular weight is 353 g/mol. The van der Waals surface area contributed by atoms with E-state index in [-0.39, 0.29) is 9.23 Å². The lowest BCUT2D eigenvalue weighted by molar-refractivity contribution is -0.140. The lowest BCUT2D eigenvalue weighted by atomic mass is 10.2. The van der Waals surface area contributed by atoms with Gasteiger partial charge in [-0.05, 0) is 12.1 Å². The Morgan fingerprint density at radius 1 is 1.26 bits per heavy atom. The summed E-state index contributed by atoms with van der Waals surface area (Å²) in [6.07, 6.45) is 1.50. The number of hydrogen-bond donors (Lipinski definition) is 2. The number of carboxylic acids is 2. The molecule has 23 heavy (non-hydrogen) atoms. The standard InChI is InChI=1S/C14H11NO6S2/c16-11(17)6-15-13(20)10(23-14(15)22)5-8-3-1-2-4-9(8)21-7-12(18)19/h1-5H,6-7H2,(H,16,17)(H,18,19)/b10-5-. The van der Waals surface area contributed by atoms with Gasteiger partial charge in [0.1, 0.15) is 16.6 Å². The maximum Gasteiger partial charge on any atom is 0.341 e. The number of carbonyl (C=O) groups excluding carboxylic acids is 1. The molecule has 1 aliphatic rings. The molecule has 1 heterocycles. The van der Waals surface area contributed by atoms with Crippen LogP contribution < -0.4 is 4.74 Å². The molecule has 9 heteroatoms. The van der Waals surface area contributed by atoms with Gasteiger partial charge in [-0.3, -0.25) is 14.5 Å². The third kappa shape index (κ3) is 4.30. The van der Waals surface area contributed by atoms with E-state index in [1.807, 2.05) is 0 Å². The number of nitrogens with zero attached hydrogens (tertiary/aromatic N) is 1. The molecule has 0 aliphatic carbocycles. The van der Waals surface area contributed by atoms with Crippen molar-refractivity contribution in [1.29, 1.82) is 0 Å². The number of para-hydroxylation sites is 1. The van der Waals surface area contributed by atoms with Crippen LogP contribution in [0.5, 0.6) is 5.75 Å². The van der Waals surface area contributed by atoms with Gasteiger partial charge in [0.05, 0.1) is 4.91 Å². The molecule has 1 aromatic rings. The highest BCUT2D eigenvalue weighted by atomic mass is 32.2. The minimum atomic E-state index is -1.16. The number of aliphatic carboxylic acids is 2. The third-order valence-corrected chi connectivity index (χ3v) is 4.10. The van der Waals surface area contributed by atoms with Gasteiger partial charge in [-0.2, -0.15) is 0 Å². The van der Waals surface area contributed by atoms with E-state index in [0.29, 0.717) is 11.3 Å². The van der Waals surface area contributed by atoms with E-state index in [9.17, 15) is 14.4 Å². The molecule has 0 saturated carbocycles. The van der Waals surface area contributed by atoms with E-state index < -0.39 is 31.0 Å². The number of carbonyl (C=O) groups is 3. The summed E-state index contributed by atoms with van der Waals surface area (Å²) in [4.78, 5) is 34.8. The molecule has 0 radical (unpaired) electrons. The molecule has 1 aliphatic heterocycles. The van der Waals surface area contributed by atoms with E-state index in [1.165, 1.54) is 6.08 Å². The lowest BCUT2D eigenvalue weighted by Crippen LogP contribution is -2.33. The van der Waals surface area contributed by atoms with Gasteiger partial charge in [-0.25, -0.2) is 4.79 Å². The number of amides is 1. The van der Waals surface area contributed by atoms with E-state index in [4.69, 9.17) is 27.2 Å². The van der Waals surface area contributed by atoms with Crippen LogP contribution >= 0.6 is 24.0 Å². The molecule has 1 aromatic carbocycles. The Kier molecular flexibility index (Phi) is 5.35. The molecule has 120 valence electrons. The second-order valence-electron chi connectivity index (χ2n) is 4.38. The molecule has 1 amide bonds. The Morgan fingerprint density at radius 3 is 2.61 bits per heavy atom. The Hall–Kier alpha value is -2.39. The first-order valence-corrected chi connectivity index (χ1v) is 7.51. The van der Waals surface area contributed by atoms with Crippen molar-refractivity contribution in [3.05, 3.63) is 34.7 Å². The summed E-state index contributed by atoms with van der Waals surface area (Å²) >= 11 is 5.99. The van der Waals surface area contributed by atoms with Gasteiger partial charge in [0, 0.05) is 5.56 Å². The molecule has 0 bridgehead atoms. The highest BCUT2D eigenvalue weighted by Gasteiger charge is 2.33. The van der Waals surface area contributed by atoms with Gasteiger partial charge in [-0.15, -0.1) is 0 Å². The molecule has 0 aromatic heterocycles. The van der Waals surface area contributed by atoms with Crippen LogP contribution in [0.1, 0.15) is 5.56 Å². The van der Waals surface area contributed by atoms with Crippen molar-refractivity contribution in [3.63, 3.8) is 0 Å². The second kappa shape index (κ2) is 7.25. The number of rotatable bonds is 6. The predicted molar refractivity (Wildman–Crippen MR) is 87.1 cm³/mol. The largest absolute Gasteiger partial charge is 0.481 e. The first-order chi connectivity index (χ1) is 10.9. The van der Waals surface area contributed by atoms with Crippen molar-refractivity contribution in [1.82, 2.24) is 4.90 Å². The average Bonchev–Trinajstić information content (AvgIpc) is 2.73. The van der Waals surface area contributed by atoms with Crippen molar-refractivity contribution < 1.29 is 29.3 Å². The van der Waals surface area contributed by atoms with Crippen LogP contribution in [0.4, 0.5) is 0 Å². The first kappa shape index (κ1) is 17.0. The summed E-state index contributed by atoms with van der Waals surface area (Å²) in [5, 5.41) is 17.5. The molecular formula is C14H11NO6S2. The smallest absolute Gasteiger partial charge is 0.341 e. The summed E-state index contributed by atoms with van der Waals surface area (Å²) < 4.78 is 5.32. The quantitative estimate of drug-likeness (QED) is 0.585. The number of thioether (sulfide) groups is 1. The van der Waals surface area contributed by atoms with Crippen molar-refractivity contribution in [3.8, 4) is 5.75 Å². The van der Waals surface area contributed by atoms with E-state index >= 15 is 0 Å². The van der Waals surface area contributed by atoms with Crippen LogP contribution in [0, 0.1) is 0 Å². The molecule has 7 nitrogen and oxygen atoms in total. The van der Waals surface area contributed by atoms with Crippen LogP contribution in [0.3, 0.4) is 0 Å². The number of thiocarbonyl (C=S) groups is 1. The topological polar surface area (TPSA) is 104 Å². The predicted octanol–water partition coefficient (Wildman–Crippen LogP) is 1.44. The van der Waals surface area contributed by atoms with E-state index in [0.717, 1.165) is 16.7 Å². The van der Waals surface area contributed by atoms with E-state index in [2.05, 4.69) is 0 Å². The number of hydrogen-bond acceptors (Lipinski definition) is 6. The van der Waals surface area contributed by atoms with Crippen molar-refractivity contribution in [2.24, 2.45) is 0 Å². The molecule has 0 atom stereocenters. The molecule has 1 fully saturated rings. The Balaban J connectivity index is 2.25.